The third kappa shape index (κ3) is 7.09. The average Bonchev–Trinajstić information content (AvgIpc) is 3.60. The van der Waals surface area contributed by atoms with Crippen LogP contribution in [0.5, 0.6) is 0 Å². The fraction of sp³-hybridized carbons (Fsp3) is 0.522. The van der Waals surface area contributed by atoms with E-state index in [0.29, 0.717) is 43.4 Å². The first-order valence-corrected chi connectivity index (χ1v) is 15.5. The highest BCUT2D eigenvalue weighted by Crippen LogP contribution is 2.37. The Morgan fingerprint density at radius 3 is 2.54 bits per heavy atom. The van der Waals surface area contributed by atoms with Crippen molar-refractivity contribution in [2.45, 2.75) is 48.4 Å². The summed E-state index contributed by atoms with van der Waals surface area (Å²) in [6.07, 6.45) is 2.60. The molecule has 0 saturated carbocycles. The Kier molecular flexibility index (Phi) is 9.24. The van der Waals surface area contributed by atoms with Crippen LogP contribution in [-0.4, -0.2) is 85.9 Å². The minimum Gasteiger partial charge on any atom is -0.481 e. The molecule has 4 heterocycles. The molecular formula is C23H29ClN4O6S3. The van der Waals surface area contributed by atoms with Gasteiger partial charge in [0.05, 0.1) is 17.3 Å². The van der Waals surface area contributed by atoms with E-state index in [4.69, 9.17) is 16.7 Å². The summed E-state index contributed by atoms with van der Waals surface area (Å²) in [5.41, 5.74) is 0. The first kappa shape index (κ1) is 28.0. The largest absolute Gasteiger partial charge is 0.481 e. The normalized spacial score (nSPS) is 20.5. The number of rotatable bonds is 11. The summed E-state index contributed by atoms with van der Waals surface area (Å²) < 4.78 is 29.3. The van der Waals surface area contributed by atoms with Gasteiger partial charge in [-0.3, -0.25) is 14.4 Å². The number of sulfonamides is 1. The topological polar surface area (TPSA) is 136 Å². The van der Waals surface area contributed by atoms with E-state index in [0.717, 1.165) is 33.9 Å². The lowest BCUT2D eigenvalue weighted by atomic mass is 10.1. The Bertz CT molecular complexity index is 1250. The summed E-state index contributed by atoms with van der Waals surface area (Å²) in [5, 5.41) is 11.9. The van der Waals surface area contributed by atoms with Crippen molar-refractivity contribution < 1.29 is 27.9 Å². The highest BCUT2D eigenvalue weighted by molar-refractivity contribution is 7.91. The summed E-state index contributed by atoms with van der Waals surface area (Å²) in [6.45, 7) is 1.69. The molecule has 3 N–H and O–H groups in total. The van der Waals surface area contributed by atoms with Gasteiger partial charge in [0.15, 0.2) is 0 Å². The van der Waals surface area contributed by atoms with Gasteiger partial charge in [-0.2, -0.15) is 4.72 Å². The maximum Gasteiger partial charge on any atom is 0.304 e. The van der Waals surface area contributed by atoms with Gasteiger partial charge < -0.3 is 20.2 Å². The summed E-state index contributed by atoms with van der Waals surface area (Å²) >= 11 is 8.46. The molecule has 2 amide bonds. The van der Waals surface area contributed by atoms with Gasteiger partial charge in [0.25, 0.3) is 10.0 Å². The molecule has 4 rings (SSSR count). The van der Waals surface area contributed by atoms with E-state index in [2.05, 4.69) is 10.0 Å². The van der Waals surface area contributed by atoms with Gasteiger partial charge in [0, 0.05) is 42.0 Å². The van der Waals surface area contributed by atoms with Crippen LogP contribution in [0.1, 0.15) is 32.1 Å². The average molecular weight is 589 g/mol. The van der Waals surface area contributed by atoms with Crippen LogP contribution in [-0.2, 0) is 24.4 Å². The predicted molar refractivity (Wildman–Crippen MR) is 142 cm³/mol. The second-order valence-electron chi connectivity index (χ2n) is 9.03. The van der Waals surface area contributed by atoms with Crippen molar-refractivity contribution in [1.29, 1.82) is 0 Å². The molecule has 2 saturated heterocycles. The van der Waals surface area contributed by atoms with Gasteiger partial charge in [0.1, 0.15) is 10.3 Å². The fourth-order valence-corrected chi connectivity index (χ4v) is 8.27. The van der Waals surface area contributed by atoms with Crippen molar-refractivity contribution in [3.8, 4) is 9.75 Å². The summed E-state index contributed by atoms with van der Waals surface area (Å²) in [7, 11) is -3.92. The summed E-state index contributed by atoms with van der Waals surface area (Å²) in [6, 6.07) is 5.84. The van der Waals surface area contributed by atoms with Crippen LogP contribution in [0.25, 0.3) is 9.75 Å². The van der Waals surface area contributed by atoms with E-state index in [1.165, 1.54) is 22.3 Å². The van der Waals surface area contributed by atoms with Gasteiger partial charge in [0.2, 0.25) is 11.8 Å². The molecule has 2 aromatic rings. The minimum atomic E-state index is -3.92. The lowest BCUT2D eigenvalue weighted by Crippen LogP contribution is -2.55. The zero-order chi connectivity index (χ0) is 26.6. The summed E-state index contributed by atoms with van der Waals surface area (Å²) in [4.78, 5) is 41.6. The minimum absolute atomic E-state index is 0.00934. The number of carbonyl (C=O) groups excluding carboxylic acids is 2. The van der Waals surface area contributed by atoms with Crippen LogP contribution in [0, 0.1) is 0 Å². The van der Waals surface area contributed by atoms with E-state index in [-0.39, 0.29) is 29.1 Å². The Morgan fingerprint density at radius 1 is 1.08 bits per heavy atom. The van der Waals surface area contributed by atoms with Gasteiger partial charge in [-0.05, 0) is 49.9 Å². The fourth-order valence-electron chi connectivity index (χ4n) is 4.59. The highest BCUT2D eigenvalue weighted by Gasteiger charge is 2.36. The van der Waals surface area contributed by atoms with Crippen molar-refractivity contribution in [1.82, 2.24) is 19.8 Å². The molecule has 2 aromatic heterocycles. The zero-order valence-corrected chi connectivity index (χ0v) is 23.2. The number of carbonyl (C=O) groups is 3. The van der Waals surface area contributed by atoms with Gasteiger partial charge in [-0.25, -0.2) is 8.42 Å². The number of hydrogen-bond acceptors (Lipinski definition) is 8. The molecule has 0 spiro atoms. The number of likely N-dealkylation sites (tertiary alicyclic amines) is 2. The molecule has 0 bridgehead atoms. The number of nitrogens with zero attached hydrogens (tertiary/aromatic N) is 2. The molecule has 202 valence electrons. The molecule has 0 aromatic carbocycles. The van der Waals surface area contributed by atoms with Crippen molar-refractivity contribution in [3.05, 3.63) is 28.6 Å². The lowest BCUT2D eigenvalue weighted by molar-refractivity contribution is -0.143. The first-order valence-electron chi connectivity index (χ1n) is 12.0. The Morgan fingerprint density at radius 2 is 1.81 bits per heavy atom. The number of nitrogens with one attached hydrogen (secondary N) is 2. The molecule has 2 aliphatic rings. The van der Waals surface area contributed by atoms with Crippen molar-refractivity contribution in [2.24, 2.45) is 0 Å². The number of aliphatic carboxylic acids is 1. The number of thiophene rings is 2. The van der Waals surface area contributed by atoms with Crippen LogP contribution in [0.3, 0.4) is 0 Å². The smallest absolute Gasteiger partial charge is 0.304 e. The van der Waals surface area contributed by atoms with Gasteiger partial charge in [-0.15, -0.1) is 22.7 Å². The third-order valence-electron chi connectivity index (χ3n) is 6.41. The Balaban J connectivity index is 1.34. The molecule has 37 heavy (non-hydrogen) atoms. The third-order valence-corrected chi connectivity index (χ3v) is 10.9. The Labute approximate surface area is 228 Å². The van der Waals surface area contributed by atoms with E-state index in [1.807, 2.05) is 6.07 Å². The first-order chi connectivity index (χ1) is 17.6. The maximum absolute atomic E-state index is 13.1. The summed E-state index contributed by atoms with van der Waals surface area (Å²) in [5.74, 6) is -1.47. The van der Waals surface area contributed by atoms with Crippen molar-refractivity contribution >= 4 is 62.1 Å². The molecular weight excluding hydrogens is 560 g/mol. The quantitative estimate of drug-likeness (QED) is 0.343. The number of piperidine rings is 1. The van der Waals surface area contributed by atoms with Crippen LogP contribution < -0.4 is 10.0 Å². The van der Waals surface area contributed by atoms with Crippen LogP contribution in [0.4, 0.5) is 0 Å². The van der Waals surface area contributed by atoms with Gasteiger partial charge >= 0.3 is 5.97 Å². The van der Waals surface area contributed by atoms with Crippen molar-refractivity contribution in [3.63, 3.8) is 0 Å². The second kappa shape index (κ2) is 12.2. The molecule has 0 unspecified atom stereocenters. The molecule has 0 radical (unpaired) electrons. The molecule has 14 heteroatoms. The highest BCUT2D eigenvalue weighted by atomic mass is 35.5. The number of carboxylic acid groups (broad SMARTS) is 1. The van der Waals surface area contributed by atoms with Gasteiger partial charge in [-0.1, -0.05) is 11.6 Å². The zero-order valence-electron chi connectivity index (χ0n) is 20.0. The van der Waals surface area contributed by atoms with Crippen LogP contribution in [0.2, 0.25) is 4.34 Å². The van der Waals surface area contributed by atoms with E-state index in [9.17, 15) is 22.8 Å². The second-order valence-corrected chi connectivity index (χ2v) is 13.8. The van der Waals surface area contributed by atoms with E-state index >= 15 is 0 Å². The number of hydrogen-bond donors (Lipinski definition) is 3. The molecule has 10 nitrogen and oxygen atoms in total. The molecule has 0 aliphatic carbocycles. The SMILES string of the molecule is O=C(O)CCNC[C@@H]1CCCN1C(=O)CN1CCC[C@H](NS(=O)(=O)c2ccc(-c3ccc(Cl)s3)s2)C1=O. The van der Waals surface area contributed by atoms with Crippen LogP contribution >= 0.6 is 34.3 Å². The Hall–Kier alpha value is -2.03. The predicted octanol–water partition coefficient (Wildman–Crippen LogP) is 2.45. The maximum atomic E-state index is 13.1. The van der Waals surface area contributed by atoms with E-state index < -0.39 is 27.9 Å². The van der Waals surface area contributed by atoms with Crippen LogP contribution in [0.15, 0.2) is 28.5 Å². The monoisotopic (exact) mass is 588 g/mol. The number of carboxylic acids is 1. The van der Waals surface area contributed by atoms with Crippen molar-refractivity contribution in [2.75, 3.05) is 32.7 Å². The molecule has 2 atom stereocenters. The molecule has 2 aliphatic heterocycles. The van der Waals surface area contributed by atoms with E-state index in [1.54, 1.807) is 17.0 Å². The number of amides is 2. The molecule has 2 fully saturated rings. The lowest BCUT2D eigenvalue weighted by Gasteiger charge is -2.34. The number of halogens is 1. The standard InChI is InChI=1S/C23H29ClN4O6S3/c24-19-7-5-17(35-19)18-6-8-22(36-18)37(33,34)26-16-4-2-11-27(23(16)32)14-20(29)28-12-1-3-15(28)13-25-10-9-21(30)31/h5-8,15-16,25-26H,1-4,9-14H2,(H,30,31)/t15-,16-/m0/s1.